The Morgan fingerprint density at radius 3 is 1.18 bits per heavy atom. The molecule has 0 N–H and O–H groups in total. The summed E-state index contributed by atoms with van der Waals surface area (Å²) in [6.07, 6.45) is 9.02. The summed E-state index contributed by atoms with van der Waals surface area (Å²) in [5.74, 6) is 4.24. The van der Waals surface area contributed by atoms with E-state index in [0.29, 0.717) is 0 Å². The van der Waals surface area contributed by atoms with E-state index in [9.17, 15) is 0 Å². The predicted molar refractivity (Wildman–Crippen MR) is 348 cm³/mol. The van der Waals surface area contributed by atoms with Crippen LogP contribution < -0.4 is 0 Å². The quantitative estimate of drug-likeness (QED) is 0.157. The minimum Gasteiger partial charge on any atom is -0.253 e. The third kappa shape index (κ3) is 60.0. The Kier molecular flexibility index (Phi) is 156. The minimum atomic E-state index is 0. The lowest BCUT2D eigenvalue weighted by Crippen LogP contribution is -2.00. The summed E-state index contributed by atoms with van der Waals surface area (Å²) in [7, 11) is 0. The fraction of sp³-hybridized carbons (Fsp3) is 0.661. The first kappa shape index (κ1) is 118. The molecule has 0 aromatic carbocycles. The molecule has 74 heavy (non-hydrogen) atoms. The zero-order chi connectivity index (χ0) is 54.1. The van der Waals surface area contributed by atoms with Crippen LogP contribution in [-0.2, 0) is 25.7 Å². The van der Waals surface area contributed by atoms with Crippen LogP contribution in [0.15, 0.2) is 48.9 Å². The van der Waals surface area contributed by atoms with Crippen LogP contribution in [0.25, 0.3) is 16.7 Å². The van der Waals surface area contributed by atoms with E-state index < -0.39 is 0 Å². The average Bonchev–Trinajstić information content (AvgIpc) is 3.90. The van der Waals surface area contributed by atoms with Gasteiger partial charge in [0.05, 0.1) is 17.4 Å². The van der Waals surface area contributed by atoms with Gasteiger partial charge in [0.25, 0.3) is 0 Å². The van der Waals surface area contributed by atoms with Crippen molar-refractivity contribution in [3.05, 3.63) is 101 Å². The SMILES string of the molecule is C.C.C.C.CC.CC.CC.CC.CC.CC.CC.CC.CC.CC.CC.CCc1cc(C)n2nccc2n1.CCc1nc(C)nc(C)n1.CCc1nc(C)nc2cccnc12.CCc1nccc(C)n1.[B].[B].[B].[B]. The van der Waals surface area contributed by atoms with Crippen LogP contribution in [0.5, 0.6) is 0 Å². The summed E-state index contributed by atoms with van der Waals surface area (Å²) >= 11 is 0. The molecule has 6 heterocycles. The van der Waals surface area contributed by atoms with Crippen LogP contribution in [-0.4, -0.2) is 88.1 Å². The van der Waals surface area contributed by atoms with Crippen molar-refractivity contribution < 1.29 is 0 Å². The number of pyridine rings is 1. The van der Waals surface area contributed by atoms with Crippen LogP contribution >= 0.6 is 0 Å². The molecule has 12 radical (unpaired) electrons. The van der Waals surface area contributed by atoms with Gasteiger partial charge in [-0.15, -0.1) is 0 Å². The van der Waals surface area contributed by atoms with E-state index in [2.05, 4.69) is 76.8 Å². The third-order valence-corrected chi connectivity index (χ3v) is 6.31. The Morgan fingerprint density at radius 2 is 0.811 bits per heavy atom. The van der Waals surface area contributed by atoms with Gasteiger partial charge < -0.3 is 0 Å². The molecule has 6 aromatic rings. The molecule has 0 spiro atoms. The van der Waals surface area contributed by atoms with Crippen molar-refractivity contribution in [3.63, 3.8) is 0 Å². The maximum Gasteiger partial charge on any atom is 0.155 e. The highest BCUT2D eigenvalue weighted by molar-refractivity contribution is 5.76. The number of aromatic nitrogens is 11. The fourth-order valence-corrected chi connectivity index (χ4v) is 4.23. The molecule has 0 saturated carbocycles. The standard InChI is InChI=1S/C10H11N3.C9H11N3.C7H11N3.C7H10N2.11C2H6.4CH4.4B/c1-3-8-10-9(5-4-6-11-10)13-7(2)12-8;1-3-8-6-7(2)12-9(11-8)4-5-10-12;1-4-7-9-5(2)8-6(3)10-7;1-3-7-8-5-4-6(2)9-7;11*1-2;;;;;;;;/h4-6H,3H2,1-2H3;4-6H,3H2,1-2H3;4H2,1-3H3;4-5H,3H2,1-2H3;11*1-2H3;4*1H4;;;;. The fourth-order valence-electron chi connectivity index (χ4n) is 4.23. The number of rotatable bonds is 4. The summed E-state index contributed by atoms with van der Waals surface area (Å²) < 4.78 is 1.85. The van der Waals surface area contributed by atoms with Crippen LogP contribution in [0, 0.1) is 34.6 Å². The molecule has 0 aliphatic heterocycles. The van der Waals surface area contributed by atoms with Gasteiger partial charge >= 0.3 is 0 Å². The van der Waals surface area contributed by atoms with Gasteiger partial charge in [-0.3, -0.25) is 4.98 Å². The Bertz CT molecular complexity index is 1790. The molecule has 0 bridgehead atoms. The first-order valence-corrected chi connectivity index (χ1v) is 26.0. The molecule has 15 heteroatoms. The van der Waals surface area contributed by atoms with E-state index in [1.54, 1.807) is 18.6 Å². The highest BCUT2D eigenvalue weighted by Gasteiger charge is 2.04. The van der Waals surface area contributed by atoms with Crippen molar-refractivity contribution in [1.29, 1.82) is 0 Å². The van der Waals surface area contributed by atoms with Crippen LogP contribution in [0.1, 0.15) is 262 Å². The summed E-state index contributed by atoms with van der Waals surface area (Å²) in [5.41, 5.74) is 7.14. The molecule has 6 rings (SSSR count). The van der Waals surface area contributed by atoms with Crippen molar-refractivity contribution >= 4 is 50.3 Å². The van der Waals surface area contributed by atoms with Gasteiger partial charge in [-0.2, -0.15) is 5.10 Å². The second-order valence-electron chi connectivity index (χ2n) is 9.95. The largest absolute Gasteiger partial charge is 0.253 e. The Labute approximate surface area is 473 Å². The molecule has 0 aliphatic rings. The first-order valence-electron chi connectivity index (χ1n) is 26.0. The molecular weight excluding hydrogens is 906 g/mol. The maximum atomic E-state index is 4.42. The van der Waals surface area contributed by atoms with Crippen LogP contribution in [0.4, 0.5) is 0 Å². The molecular formula is C59H125B4N11. The lowest BCUT2D eigenvalue weighted by atomic mass is 10.2. The van der Waals surface area contributed by atoms with Crippen molar-refractivity contribution in [2.24, 2.45) is 0 Å². The molecule has 428 valence electrons. The zero-order valence-corrected chi connectivity index (χ0v) is 51.7. The summed E-state index contributed by atoms with van der Waals surface area (Å²) in [6.45, 7) is 62.0. The van der Waals surface area contributed by atoms with E-state index in [4.69, 9.17) is 0 Å². The Morgan fingerprint density at radius 1 is 0.392 bits per heavy atom. The van der Waals surface area contributed by atoms with Gasteiger partial charge in [0.1, 0.15) is 34.6 Å². The van der Waals surface area contributed by atoms with Crippen LogP contribution in [0.2, 0.25) is 0 Å². The van der Waals surface area contributed by atoms with Crippen molar-refractivity contribution in [3.8, 4) is 0 Å². The smallest absolute Gasteiger partial charge is 0.155 e. The molecule has 0 atom stereocenters. The van der Waals surface area contributed by atoms with E-state index in [1.165, 1.54) is 0 Å². The normalized spacial score (nSPS) is 7.01. The van der Waals surface area contributed by atoms with Gasteiger partial charge in [-0.1, -0.05) is 210 Å². The molecule has 0 unspecified atom stereocenters. The van der Waals surface area contributed by atoms with Crippen molar-refractivity contribution in [2.75, 3.05) is 0 Å². The molecule has 0 aliphatic carbocycles. The van der Waals surface area contributed by atoms with Crippen LogP contribution in [0.3, 0.4) is 0 Å². The number of hydrogen-bond donors (Lipinski definition) is 0. The molecule has 0 fully saturated rings. The van der Waals surface area contributed by atoms with E-state index in [1.807, 2.05) is 223 Å². The molecule has 6 aromatic heterocycles. The van der Waals surface area contributed by atoms with Gasteiger partial charge in [0.15, 0.2) is 5.65 Å². The summed E-state index contributed by atoms with van der Waals surface area (Å²) in [5, 5.41) is 4.15. The third-order valence-electron chi connectivity index (χ3n) is 6.31. The van der Waals surface area contributed by atoms with Gasteiger partial charge in [0.2, 0.25) is 0 Å². The summed E-state index contributed by atoms with van der Waals surface area (Å²) in [4.78, 5) is 37.9. The van der Waals surface area contributed by atoms with E-state index in [-0.39, 0.29) is 63.4 Å². The lowest BCUT2D eigenvalue weighted by molar-refractivity contribution is 0.830. The van der Waals surface area contributed by atoms with E-state index >= 15 is 0 Å². The highest BCUT2D eigenvalue weighted by Crippen LogP contribution is 2.12. The second-order valence-corrected chi connectivity index (χ2v) is 9.95. The molecule has 11 nitrogen and oxygen atoms in total. The molecule has 0 saturated heterocycles. The topological polar surface area (TPSA) is 133 Å². The predicted octanol–water partition coefficient (Wildman–Crippen LogP) is 18.2. The molecule has 0 amide bonds. The maximum absolute atomic E-state index is 4.42. The lowest BCUT2D eigenvalue weighted by Gasteiger charge is -2.02. The monoisotopic (exact) mass is 1030 g/mol. The first-order chi connectivity index (χ1) is 32.2. The van der Waals surface area contributed by atoms with Gasteiger partial charge in [-0.05, 0) is 71.7 Å². The Balaban J connectivity index is -0.0000000337. The number of hydrogen-bond acceptors (Lipinski definition) is 10. The number of nitrogens with zero attached hydrogens (tertiary/aromatic N) is 11. The number of fused-ring (bicyclic) bond motifs is 2. The Hall–Kier alpha value is -4.54. The second kappa shape index (κ2) is 97.7. The average molecular weight is 1030 g/mol. The minimum absolute atomic E-state index is 0. The highest BCUT2D eigenvalue weighted by atomic mass is 15.2. The van der Waals surface area contributed by atoms with Crippen molar-refractivity contribution in [2.45, 2.75) is 270 Å². The number of aryl methyl sites for hydroxylation is 9. The summed E-state index contributed by atoms with van der Waals surface area (Å²) in [6, 6.07) is 9.76. The van der Waals surface area contributed by atoms with Gasteiger partial charge in [0, 0.05) is 82.0 Å². The van der Waals surface area contributed by atoms with E-state index in [0.717, 1.165) is 94.3 Å². The van der Waals surface area contributed by atoms with Crippen molar-refractivity contribution in [1.82, 2.24) is 54.5 Å². The van der Waals surface area contributed by atoms with Gasteiger partial charge in [-0.25, -0.2) is 44.4 Å². The zero-order valence-electron chi connectivity index (χ0n) is 51.7.